The molecule has 0 aliphatic carbocycles. The lowest BCUT2D eigenvalue weighted by Crippen LogP contribution is -2.32. The molecule has 1 amide bonds. The highest BCUT2D eigenvalue weighted by atomic mass is 35.5. The van der Waals surface area contributed by atoms with E-state index >= 15 is 0 Å². The maximum absolute atomic E-state index is 13.2. The van der Waals surface area contributed by atoms with Crippen LogP contribution in [0.1, 0.15) is 30.6 Å². The first kappa shape index (κ1) is 24.4. The summed E-state index contributed by atoms with van der Waals surface area (Å²) in [6.07, 6.45) is -1.47. The molecule has 31 heavy (non-hydrogen) atoms. The number of amides is 1. The number of sulfonamides is 1. The minimum absolute atomic E-state index is 0.113. The number of hydrogen-bond donors (Lipinski definition) is 2. The Morgan fingerprint density at radius 3 is 2.35 bits per heavy atom. The van der Waals surface area contributed by atoms with E-state index in [0.29, 0.717) is 11.3 Å². The summed E-state index contributed by atoms with van der Waals surface area (Å²) in [5, 5.41) is 2.19. The highest BCUT2D eigenvalue weighted by molar-refractivity contribution is 7.89. The van der Waals surface area contributed by atoms with Gasteiger partial charge in [-0.25, -0.2) is 17.5 Å². The third kappa shape index (κ3) is 7.12. The minimum atomic E-state index is -4.00. The van der Waals surface area contributed by atoms with Crippen LogP contribution in [0.5, 0.6) is 0 Å². The number of rotatable bonds is 9. The first-order chi connectivity index (χ1) is 14.5. The lowest BCUT2D eigenvalue weighted by Gasteiger charge is -2.14. The molecule has 0 aliphatic rings. The zero-order valence-electron chi connectivity index (χ0n) is 16.6. The van der Waals surface area contributed by atoms with Crippen molar-refractivity contribution in [3.8, 4) is 0 Å². The molecule has 166 valence electrons. The zero-order chi connectivity index (χ0) is 23.2. The van der Waals surface area contributed by atoms with E-state index in [1.54, 1.807) is 24.3 Å². The number of carbonyl (C=O) groups is 3. The highest BCUT2D eigenvalue weighted by Crippen LogP contribution is 2.19. The molecule has 8 nitrogen and oxygen atoms in total. The second-order valence-corrected chi connectivity index (χ2v) is 8.65. The number of nitrogens with one attached hydrogen (secondary N) is 2. The van der Waals surface area contributed by atoms with E-state index in [-0.39, 0.29) is 28.7 Å². The van der Waals surface area contributed by atoms with Crippen LogP contribution in [0.2, 0.25) is 5.02 Å². The Morgan fingerprint density at radius 1 is 1.13 bits per heavy atom. The molecule has 2 rings (SSSR count). The van der Waals surface area contributed by atoms with Gasteiger partial charge < -0.3 is 10.1 Å². The Morgan fingerprint density at radius 2 is 1.77 bits per heavy atom. The van der Waals surface area contributed by atoms with E-state index in [1.165, 1.54) is 13.8 Å². The Bertz CT molecular complexity index is 1090. The molecule has 0 radical (unpaired) electrons. The molecule has 1 atom stereocenters. The van der Waals surface area contributed by atoms with Crippen LogP contribution in [0.25, 0.3) is 0 Å². The van der Waals surface area contributed by atoms with Gasteiger partial charge in [-0.1, -0.05) is 11.6 Å². The Balaban J connectivity index is 1.82. The molecule has 0 aliphatic heterocycles. The first-order valence-electron chi connectivity index (χ1n) is 9.05. The van der Waals surface area contributed by atoms with Gasteiger partial charge in [0.2, 0.25) is 10.0 Å². The summed E-state index contributed by atoms with van der Waals surface area (Å²) in [5.41, 5.74) is 0.909. The van der Waals surface area contributed by atoms with Crippen molar-refractivity contribution in [2.24, 2.45) is 0 Å². The largest absolute Gasteiger partial charge is 0.452 e. The van der Waals surface area contributed by atoms with Crippen LogP contribution in [0, 0.1) is 5.82 Å². The van der Waals surface area contributed by atoms with Crippen molar-refractivity contribution in [2.75, 3.05) is 11.9 Å². The number of halogens is 2. The lowest BCUT2D eigenvalue weighted by molar-refractivity contribution is -0.152. The van der Waals surface area contributed by atoms with Crippen molar-refractivity contribution in [1.29, 1.82) is 0 Å². The number of anilines is 1. The predicted octanol–water partition coefficient (Wildman–Crippen LogP) is 2.92. The molecule has 0 saturated heterocycles. The molecule has 11 heteroatoms. The second-order valence-electron chi connectivity index (χ2n) is 6.48. The van der Waals surface area contributed by atoms with Crippen LogP contribution in [0.3, 0.4) is 0 Å². The molecule has 0 unspecified atom stereocenters. The van der Waals surface area contributed by atoms with Gasteiger partial charge in [-0.3, -0.25) is 14.4 Å². The average molecular weight is 471 g/mol. The molecular weight excluding hydrogens is 451 g/mol. The predicted molar refractivity (Wildman–Crippen MR) is 112 cm³/mol. The fraction of sp³-hybridized carbons (Fsp3) is 0.250. The molecule has 0 saturated carbocycles. The van der Waals surface area contributed by atoms with Crippen molar-refractivity contribution in [1.82, 2.24) is 4.72 Å². The van der Waals surface area contributed by atoms with Gasteiger partial charge in [-0.15, -0.1) is 0 Å². The summed E-state index contributed by atoms with van der Waals surface area (Å²) >= 11 is 5.58. The third-order valence-corrected chi connectivity index (χ3v) is 5.81. The van der Waals surface area contributed by atoms with Crippen LogP contribution in [-0.4, -0.2) is 38.7 Å². The maximum Gasteiger partial charge on any atom is 0.307 e. The monoisotopic (exact) mass is 470 g/mol. The summed E-state index contributed by atoms with van der Waals surface area (Å²) in [6.45, 7) is 2.49. The van der Waals surface area contributed by atoms with Crippen molar-refractivity contribution in [3.05, 3.63) is 58.9 Å². The van der Waals surface area contributed by atoms with Gasteiger partial charge in [0.15, 0.2) is 11.9 Å². The van der Waals surface area contributed by atoms with Crippen molar-refractivity contribution < 1.29 is 31.9 Å². The van der Waals surface area contributed by atoms with Crippen LogP contribution in [0.15, 0.2) is 47.4 Å². The molecule has 0 bridgehead atoms. The van der Waals surface area contributed by atoms with Gasteiger partial charge in [-0.05, 0) is 56.3 Å². The zero-order valence-corrected chi connectivity index (χ0v) is 18.2. The molecule has 0 fully saturated rings. The standard InChI is InChI=1S/C20H20ClFN2O6S/c1-12(25)14-3-5-15(6-4-14)24-20(27)13(2)30-19(26)9-10-23-31(28,29)16-7-8-18(22)17(21)11-16/h3-8,11,13,23H,9-10H2,1-2H3,(H,24,27)/t13-/m0/s1. The van der Waals surface area contributed by atoms with Crippen LogP contribution < -0.4 is 10.0 Å². The summed E-state index contributed by atoms with van der Waals surface area (Å²) in [7, 11) is -4.00. The van der Waals surface area contributed by atoms with E-state index in [2.05, 4.69) is 10.0 Å². The number of benzene rings is 2. The van der Waals surface area contributed by atoms with Gasteiger partial charge in [0.1, 0.15) is 5.82 Å². The first-order valence-corrected chi connectivity index (χ1v) is 10.9. The number of hydrogen-bond acceptors (Lipinski definition) is 6. The van der Waals surface area contributed by atoms with E-state index in [4.69, 9.17) is 16.3 Å². The number of ketones is 1. The maximum atomic E-state index is 13.2. The number of carbonyl (C=O) groups excluding carboxylic acids is 3. The van der Waals surface area contributed by atoms with Crippen molar-refractivity contribution in [2.45, 2.75) is 31.3 Å². The summed E-state index contributed by atoms with van der Waals surface area (Å²) in [5.74, 6) is -2.26. The van der Waals surface area contributed by atoms with Crippen LogP contribution >= 0.6 is 11.6 Å². The molecule has 2 aromatic carbocycles. The number of ether oxygens (including phenoxy) is 1. The van der Waals surface area contributed by atoms with E-state index in [0.717, 1.165) is 18.2 Å². The number of Topliss-reactive ketones (excluding diaryl/α,β-unsaturated/α-hetero) is 1. The smallest absolute Gasteiger partial charge is 0.307 e. The van der Waals surface area contributed by atoms with Crippen LogP contribution in [-0.2, 0) is 24.3 Å². The topological polar surface area (TPSA) is 119 Å². The Kier molecular flexibility index (Phi) is 8.26. The van der Waals surface area contributed by atoms with Gasteiger partial charge >= 0.3 is 5.97 Å². The molecule has 0 spiro atoms. The fourth-order valence-electron chi connectivity index (χ4n) is 2.36. The number of esters is 1. The molecule has 2 N–H and O–H groups in total. The van der Waals surface area contributed by atoms with Gasteiger partial charge in [0, 0.05) is 17.8 Å². The van der Waals surface area contributed by atoms with Gasteiger partial charge in [0.05, 0.1) is 16.3 Å². The SMILES string of the molecule is CC(=O)c1ccc(NC(=O)[C@H](C)OC(=O)CCNS(=O)(=O)c2ccc(F)c(Cl)c2)cc1. The second kappa shape index (κ2) is 10.5. The van der Waals surface area contributed by atoms with Crippen LogP contribution in [0.4, 0.5) is 10.1 Å². The molecule has 0 aromatic heterocycles. The van der Waals surface area contributed by atoms with Crippen molar-refractivity contribution in [3.63, 3.8) is 0 Å². The summed E-state index contributed by atoms with van der Waals surface area (Å²) < 4.78 is 44.6. The van der Waals surface area contributed by atoms with Gasteiger partial charge in [0.25, 0.3) is 5.91 Å². The fourth-order valence-corrected chi connectivity index (χ4v) is 3.66. The summed E-state index contributed by atoms with van der Waals surface area (Å²) in [6, 6.07) is 9.09. The minimum Gasteiger partial charge on any atom is -0.452 e. The molecular formula is C20H20ClFN2O6S. The lowest BCUT2D eigenvalue weighted by atomic mass is 10.1. The van der Waals surface area contributed by atoms with Gasteiger partial charge in [-0.2, -0.15) is 0 Å². The Labute approximate surface area is 183 Å². The van der Waals surface area contributed by atoms with E-state index in [9.17, 15) is 27.2 Å². The summed E-state index contributed by atoms with van der Waals surface area (Å²) in [4.78, 5) is 35.0. The van der Waals surface area contributed by atoms with E-state index < -0.39 is 33.8 Å². The molecule has 2 aromatic rings. The third-order valence-electron chi connectivity index (χ3n) is 4.06. The highest BCUT2D eigenvalue weighted by Gasteiger charge is 2.20. The normalized spacial score (nSPS) is 12.1. The average Bonchev–Trinajstić information content (AvgIpc) is 2.70. The quantitative estimate of drug-likeness (QED) is 0.429. The van der Waals surface area contributed by atoms with Crippen molar-refractivity contribution >= 4 is 45.0 Å². The Hall–Kier alpha value is -2.82. The van der Waals surface area contributed by atoms with E-state index in [1.807, 2.05) is 0 Å². The molecule has 0 heterocycles.